The van der Waals surface area contributed by atoms with Gasteiger partial charge >= 0.3 is 0 Å². The van der Waals surface area contributed by atoms with Crippen LogP contribution in [0.1, 0.15) is 17.2 Å². The first-order chi connectivity index (χ1) is 11.3. The SMILES string of the molecule is CN(c1cccc(CNCC(O)c2ccc(Cl)cc2)c1)S(C)(=O)=O. The third-order valence-electron chi connectivity index (χ3n) is 3.69. The van der Waals surface area contributed by atoms with Crippen molar-refractivity contribution in [1.82, 2.24) is 5.32 Å². The van der Waals surface area contributed by atoms with Crippen molar-refractivity contribution in [3.05, 3.63) is 64.7 Å². The Hall–Kier alpha value is -1.60. The highest BCUT2D eigenvalue weighted by atomic mass is 35.5. The number of hydrogen-bond acceptors (Lipinski definition) is 4. The predicted octanol–water partition coefficient (Wildman–Crippen LogP) is 2.56. The average molecular weight is 369 g/mol. The fourth-order valence-electron chi connectivity index (χ4n) is 2.21. The Labute approximate surface area is 147 Å². The maximum Gasteiger partial charge on any atom is 0.231 e. The van der Waals surface area contributed by atoms with E-state index in [0.29, 0.717) is 23.8 Å². The summed E-state index contributed by atoms with van der Waals surface area (Å²) in [6, 6.07) is 14.3. The molecule has 2 aromatic rings. The van der Waals surface area contributed by atoms with E-state index in [1.165, 1.54) is 17.6 Å². The summed E-state index contributed by atoms with van der Waals surface area (Å²) in [6.07, 6.45) is 0.532. The highest BCUT2D eigenvalue weighted by molar-refractivity contribution is 7.92. The van der Waals surface area contributed by atoms with E-state index in [2.05, 4.69) is 5.32 Å². The number of hydrogen-bond donors (Lipinski definition) is 2. The molecule has 0 aliphatic carbocycles. The van der Waals surface area contributed by atoms with E-state index in [0.717, 1.165) is 11.1 Å². The van der Waals surface area contributed by atoms with Crippen LogP contribution in [0.25, 0.3) is 0 Å². The Morgan fingerprint density at radius 1 is 1.21 bits per heavy atom. The molecular weight excluding hydrogens is 348 g/mol. The van der Waals surface area contributed by atoms with Gasteiger partial charge in [-0.2, -0.15) is 0 Å². The standard InChI is InChI=1S/C17H21ClN2O3S/c1-20(24(2,22)23)16-5-3-4-13(10-16)11-19-12-17(21)14-6-8-15(18)9-7-14/h3-10,17,19,21H,11-12H2,1-2H3. The molecule has 0 aromatic heterocycles. The highest BCUT2D eigenvalue weighted by Gasteiger charge is 2.12. The maximum absolute atomic E-state index is 11.6. The minimum Gasteiger partial charge on any atom is -0.387 e. The Morgan fingerprint density at radius 2 is 1.88 bits per heavy atom. The van der Waals surface area contributed by atoms with Gasteiger partial charge in [0.05, 0.1) is 18.0 Å². The molecule has 2 N–H and O–H groups in total. The number of nitrogens with one attached hydrogen (secondary N) is 1. The van der Waals surface area contributed by atoms with Crippen molar-refractivity contribution in [3.63, 3.8) is 0 Å². The van der Waals surface area contributed by atoms with Crippen molar-refractivity contribution in [2.24, 2.45) is 0 Å². The molecule has 0 amide bonds. The summed E-state index contributed by atoms with van der Waals surface area (Å²) in [4.78, 5) is 0. The summed E-state index contributed by atoms with van der Waals surface area (Å²) in [5.74, 6) is 0. The molecule has 0 saturated carbocycles. The molecule has 0 saturated heterocycles. The van der Waals surface area contributed by atoms with Crippen molar-refractivity contribution in [3.8, 4) is 0 Å². The number of aliphatic hydroxyl groups excluding tert-OH is 1. The molecule has 7 heteroatoms. The first-order valence-corrected chi connectivity index (χ1v) is 9.67. The molecule has 0 bridgehead atoms. The van der Waals surface area contributed by atoms with Crippen LogP contribution < -0.4 is 9.62 Å². The third kappa shape index (κ3) is 5.21. The quantitative estimate of drug-likeness (QED) is 0.788. The molecule has 0 aliphatic rings. The van der Waals surface area contributed by atoms with Crippen molar-refractivity contribution in [1.29, 1.82) is 0 Å². The Balaban J connectivity index is 1.94. The zero-order chi connectivity index (χ0) is 17.7. The zero-order valence-corrected chi connectivity index (χ0v) is 15.2. The lowest BCUT2D eigenvalue weighted by Crippen LogP contribution is -2.25. The second-order valence-electron chi connectivity index (χ2n) is 5.60. The van der Waals surface area contributed by atoms with E-state index in [-0.39, 0.29) is 0 Å². The second-order valence-corrected chi connectivity index (χ2v) is 8.05. The van der Waals surface area contributed by atoms with Gasteiger partial charge in [0.2, 0.25) is 10.0 Å². The van der Waals surface area contributed by atoms with Crippen LogP contribution in [0, 0.1) is 0 Å². The van der Waals surface area contributed by atoms with Gasteiger partial charge in [-0.15, -0.1) is 0 Å². The summed E-state index contributed by atoms with van der Waals surface area (Å²) in [6.45, 7) is 0.907. The number of rotatable bonds is 7. The lowest BCUT2D eigenvalue weighted by atomic mass is 10.1. The van der Waals surface area contributed by atoms with Gasteiger partial charge in [0.15, 0.2) is 0 Å². The number of benzene rings is 2. The number of sulfonamides is 1. The van der Waals surface area contributed by atoms with Gasteiger partial charge in [-0.25, -0.2) is 8.42 Å². The molecule has 130 valence electrons. The van der Waals surface area contributed by atoms with E-state index >= 15 is 0 Å². The number of halogens is 1. The summed E-state index contributed by atoms with van der Waals surface area (Å²) in [7, 11) is -1.76. The van der Waals surface area contributed by atoms with Crippen LogP contribution in [0.4, 0.5) is 5.69 Å². The topological polar surface area (TPSA) is 69.6 Å². The molecule has 1 unspecified atom stereocenters. The van der Waals surface area contributed by atoms with Gasteiger partial charge in [0.1, 0.15) is 0 Å². The van der Waals surface area contributed by atoms with Crippen molar-refractivity contribution >= 4 is 27.3 Å². The molecule has 0 radical (unpaired) electrons. The first kappa shape index (κ1) is 18.7. The van der Waals surface area contributed by atoms with Crippen LogP contribution in [0.2, 0.25) is 5.02 Å². The lowest BCUT2D eigenvalue weighted by molar-refractivity contribution is 0.174. The summed E-state index contributed by atoms with van der Waals surface area (Å²) in [5.41, 5.74) is 2.33. The van der Waals surface area contributed by atoms with Crippen LogP contribution in [-0.2, 0) is 16.6 Å². The molecule has 0 heterocycles. The van der Waals surface area contributed by atoms with Crippen LogP contribution in [0.15, 0.2) is 48.5 Å². The molecule has 0 aliphatic heterocycles. The van der Waals surface area contributed by atoms with Crippen LogP contribution >= 0.6 is 11.6 Å². The average Bonchev–Trinajstić information content (AvgIpc) is 2.54. The highest BCUT2D eigenvalue weighted by Crippen LogP contribution is 2.18. The summed E-state index contributed by atoms with van der Waals surface area (Å²) < 4.78 is 24.4. The van der Waals surface area contributed by atoms with E-state index in [4.69, 9.17) is 11.6 Å². The number of nitrogens with zero attached hydrogens (tertiary/aromatic N) is 1. The summed E-state index contributed by atoms with van der Waals surface area (Å²) >= 11 is 5.83. The number of anilines is 1. The van der Waals surface area contributed by atoms with E-state index in [1.807, 2.05) is 18.2 Å². The van der Waals surface area contributed by atoms with Crippen LogP contribution in [0.5, 0.6) is 0 Å². The van der Waals surface area contributed by atoms with Gasteiger partial charge in [0, 0.05) is 25.2 Å². The molecule has 2 rings (SSSR count). The molecule has 0 fully saturated rings. The van der Waals surface area contributed by atoms with Crippen molar-refractivity contribution < 1.29 is 13.5 Å². The van der Waals surface area contributed by atoms with E-state index in [9.17, 15) is 13.5 Å². The predicted molar refractivity (Wildman–Crippen MR) is 97.8 cm³/mol. The summed E-state index contributed by atoms with van der Waals surface area (Å²) in [5, 5.41) is 13.9. The maximum atomic E-state index is 11.6. The third-order valence-corrected chi connectivity index (χ3v) is 5.15. The molecule has 1 atom stereocenters. The largest absolute Gasteiger partial charge is 0.387 e. The van der Waals surface area contributed by atoms with Gasteiger partial charge in [-0.1, -0.05) is 35.9 Å². The van der Waals surface area contributed by atoms with Gasteiger partial charge < -0.3 is 10.4 Å². The molecule has 2 aromatic carbocycles. The minimum absolute atomic E-state index is 0.383. The van der Waals surface area contributed by atoms with E-state index < -0.39 is 16.1 Å². The second kappa shape index (κ2) is 7.98. The van der Waals surface area contributed by atoms with Gasteiger partial charge in [-0.05, 0) is 35.4 Å². The fourth-order valence-corrected chi connectivity index (χ4v) is 2.83. The molecular formula is C17H21ClN2O3S. The van der Waals surface area contributed by atoms with Crippen LogP contribution in [-0.4, -0.2) is 33.4 Å². The Morgan fingerprint density at radius 3 is 2.50 bits per heavy atom. The minimum atomic E-state index is -3.28. The van der Waals surface area contributed by atoms with Crippen molar-refractivity contribution in [2.45, 2.75) is 12.6 Å². The lowest BCUT2D eigenvalue weighted by Gasteiger charge is -2.18. The fraction of sp³-hybridized carbons (Fsp3) is 0.294. The van der Waals surface area contributed by atoms with Crippen LogP contribution in [0.3, 0.4) is 0 Å². The first-order valence-electron chi connectivity index (χ1n) is 7.44. The Kier molecular flexibility index (Phi) is 6.23. The monoisotopic (exact) mass is 368 g/mol. The van der Waals surface area contributed by atoms with Gasteiger partial charge in [0.25, 0.3) is 0 Å². The van der Waals surface area contributed by atoms with Crippen molar-refractivity contribution in [2.75, 3.05) is 24.2 Å². The smallest absolute Gasteiger partial charge is 0.231 e. The zero-order valence-electron chi connectivity index (χ0n) is 13.6. The normalized spacial score (nSPS) is 12.8. The molecule has 0 spiro atoms. The molecule has 24 heavy (non-hydrogen) atoms. The Bertz CT molecular complexity index is 779. The van der Waals surface area contributed by atoms with E-state index in [1.54, 1.807) is 30.3 Å². The van der Waals surface area contributed by atoms with Gasteiger partial charge in [-0.3, -0.25) is 4.31 Å². The number of aliphatic hydroxyl groups is 1. The molecule has 5 nitrogen and oxygen atoms in total.